The minimum atomic E-state index is -0.465. The standard InChI is InChI=1S/C13H13N7OS2/c1-3-22-13-17-16-12(23-13)14-11(21)10-15-19-20(18-10)9-6-4-8(2)5-7-9/h4-7H,3H2,1-2H3,(H,14,16,21). The molecule has 1 N–H and O–H groups in total. The second-order valence-electron chi connectivity index (χ2n) is 4.50. The molecular weight excluding hydrogens is 334 g/mol. The van der Waals surface area contributed by atoms with Gasteiger partial charge in [-0.3, -0.25) is 10.1 Å². The molecule has 118 valence electrons. The summed E-state index contributed by atoms with van der Waals surface area (Å²) in [5.41, 5.74) is 1.86. The number of rotatable bonds is 5. The van der Waals surface area contributed by atoms with E-state index in [1.807, 2.05) is 38.1 Å². The number of thioether (sulfide) groups is 1. The van der Waals surface area contributed by atoms with Crippen molar-refractivity contribution in [3.05, 3.63) is 35.7 Å². The van der Waals surface area contributed by atoms with Gasteiger partial charge in [-0.25, -0.2) is 0 Å². The van der Waals surface area contributed by atoms with Gasteiger partial charge >= 0.3 is 0 Å². The van der Waals surface area contributed by atoms with Gasteiger partial charge in [0.05, 0.1) is 5.69 Å². The van der Waals surface area contributed by atoms with E-state index in [0.29, 0.717) is 5.13 Å². The fraction of sp³-hybridized carbons (Fsp3) is 0.231. The van der Waals surface area contributed by atoms with Crippen LogP contribution in [0.5, 0.6) is 0 Å². The van der Waals surface area contributed by atoms with Crippen molar-refractivity contribution in [2.75, 3.05) is 11.1 Å². The highest BCUT2D eigenvalue weighted by Crippen LogP contribution is 2.25. The van der Waals surface area contributed by atoms with E-state index in [1.165, 1.54) is 16.1 Å². The molecule has 10 heteroatoms. The van der Waals surface area contributed by atoms with Gasteiger partial charge in [0.2, 0.25) is 5.13 Å². The molecule has 0 aliphatic rings. The Labute approximate surface area is 140 Å². The third-order valence-corrected chi connectivity index (χ3v) is 4.63. The van der Waals surface area contributed by atoms with Crippen LogP contribution in [0, 0.1) is 6.92 Å². The number of aryl methyl sites for hydroxylation is 1. The van der Waals surface area contributed by atoms with Crippen LogP contribution in [0.15, 0.2) is 28.6 Å². The van der Waals surface area contributed by atoms with Crippen LogP contribution in [0.1, 0.15) is 23.1 Å². The van der Waals surface area contributed by atoms with Crippen molar-refractivity contribution in [1.82, 2.24) is 30.4 Å². The maximum Gasteiger partial charge on any atom is 0.299 e. The molecule has 2 heterocycles. The van der Waals surface area contributed by atoms with Crippen LogP contribution in [0.3, 0.4) is 0 Å². The Hall–Kier alpha value is -2.33. The Bertz CT molecular complexity index is 812. The van der Waals surface area contributed by atoms with Gasteiger partial charge in [-0.05, 0) is 30.0 Å². The molecule has 0 saturated carbocycles. The SMILES string of the molecule is CCSc1nnc(NC(=O)c2nnn(-c3ccc(C)cc3)n2)s1. The summed E-state index contributed by atoms with van der Waals surface area (Å²) in [5.74, 6) is 0.410. The van der Waals surface area contributed by atoms with E-state index in [2.05, 4.69) is 30.9 Å². The van der Waals surface area contributed by atoms with Gasteiger partial charge in [0.1, 0.15) is 0 Å². The molecule has 0 bridgehead atoms. The number of nitrogens with one attached hydrogen (secondary N) is 1. The quantitative estimate of drug-likeness (QED) is 0.558. The lowest BCUT2D eigenvalue weighted by Crippen LogP contribution is -2.14. The third-order valence-electron chi connectivity index (χ3n) is 2.78. The van der Waals surface area contributed by atoms with Gasteiger partial charge in [-0.2, -0.15) is 0 Å². The first kappa shape index (κ1) is 15.6. The van der Waals surface area contributed by atoms with E-state index in [1.54, 1.807) is 11.8 Å². The number of tetrazole rings is 1. The topological polar surface area (TPSA) is 98.5 Å². The zero-order valence-electron chi connectivity index (χ0n) is 12.4. The maximum absolute atomic E-state index is 12.1. The molecule has 2 aromatic heterocycles. The zero-order chi connectivity index (χ0) is 16.2. The van der Waals surface area contributed by atoms with Gasteiger partial charge in [0.15, 0.2) is 4.34 Å². The smallest absolute Gasteiger partial charge is 0.293 e. The molecular formula is C13H13N7OS2. The second-order valence-corrected chi connectivity index (χ2v) is 6.99. The van der Waals surface area contributed by atoms with Crippen molar-refractivity contribution < 1.29 is 4.79 Å². The van der Waals surface area contributed by atoms with Gasteiger partial charge in [-0.15, -0.1) is 25.2 Å². The zero-order valence-corrected chi connectivity index (χ0v) is 14.1. The van der Waals surface area contributed by atoms with Gasteiger partial charge in [0, 0.05) is 0 Å². The molecule has 1 amide bonds. The molecule has 1 aromatic carbocycles. The van der Waals surface area contributed by atoms with Crippen molar-refractivity contribution in [3.63, 3.8) is 0 Å². The maximum atomic E-state index is 12.1. The number of carbonyl (C=O) groups excluding carboxylic acids is 1. The lowest BCUT2D eigenvalue weighted by molar-refractivity contribution is 0.101. The molecule has 3 rings (SSSR count). The highest BCUT2D eigenvalue weighted by atomic mass is 32.2. The predicted molar refractivity (Wildman–Crippen MR) is 88.2 cm³/mol. The van der Waals surface area contributed by atoms with Crippen LogP contribution < -0.4 is 5.32 Å². The number of hydrogen-bond acceptors (Lipinski definition) is 8. The summed E-state index contributed by atoms with van der Waals surface area (Å²) in [6, 6.07) is 7.59. The average Bonchev–Trinajstić information content (AvgIpc) is 3.18. The monoisotopic (exact) mass is 347 g/mol. The van der Waals surface area contributed by atoms with Crippen LogP contribution in [-0.4, -0.2) is 42.1 Å². The summed E-state index contributed by atoms with van der Waals surface area (Å²) in [6.07, 6.45) is 0. The Morgan fingerprint density at radius 3 is 2.78 bits per heavy atom. The summed E-state index contributed by atoms with van der Waals surface area (Å²) in [6.45, 7) is 4.02. The van der Waals surface area contributed by atoms with Gasteiger partial charge in [0.25, 0.3) is 11.7 Å². The van der Waals surface area contributed by atoms with Crippen LogP contribution in [0.25, 0.3) is 5.69 Å². The molecule has 0 fully saturated rings. The summed E-state index contributed by atoms with van der Waals surface area (Å²) in [7, 11) is 0. The molecule has 0 aliphatic carbocycles. The van der Waals surface area contributed by atoms with Crippen molar-refractivity contribution >= 4 is 34.1 Å². The summed E-state index contributed by atoms with van der Waals surface area (Å²) < 4.78 is 0.805. The van der Waals surface area contributed by atoms with Crippen LogP contribution in [0.2, 0.25) is 0 Å². The molecule has 8 nitrogen and oxygen atoms in total. The van der Waals surface area contributed by atoms with Crippen LogP contribution in [0.4, 0.5) is 5.13 Å². The number of benzene rings is 1. The first-order chi connectivity index (χ1) is 11.2. The summed E-state index contributed by atoms with van der Waals surface area (Å²) in [5, 5.41) is 22.7. The Kier molecular flexibility index (Phi) is 4.63. The van der Waals surface area contributed by atoms with E-state index in [0.717, 1.165) is 21.3 Å². The Morgan fingerprint density at radius 1 is 1.26 bits per heavy atom. The minimum Gasteiger partial charge on any atom is -0.293 e. The number of aromatic nitrogens is 6. The van der Waals surface area contributed by atoms with E-state index in [4.69, 9.17) is 0 Å². The second kappa shape index (κ2) is 6.84. The number of hydrogen-bond donors (Lipinski definition) is 1. The molecule has 0 aliphatic heterocycles. The molecule has 0 unspecified atom stereocenters. The minimum absolute atomic E-state index is 0.0227. The lowest BCUT2D eigenvalue weighted by Gasteiger charge is -1.98. The van der Waals surface area contributed by atoms with Gasteiger partial charge < -0.3 is 0 Å². The van der Waals surface area contributed by atoms with Gasteiger partial charge in [-0.1, -0.05) is 47.7 Å². The van der Waals surface area contributed by atoms with Crippen molar-refractivity contribution in [2.24, 2.45) is 0 Å². The Morgan fingerprint density at radius 2 is 2.04 bits per heavy atom. The number of amides is 1. The number of carbonyl (C=O) groups is 1. The average molecular weight is 347 g/mol. The van der Waals surface area contributed by atoms with Crippen LogP contribution in [-0.2, 0) is 0 Å². The molecule has 3 aromatic rings. The largest absolute Gasteiger partial charge is 0.299 e. The van der Waals surface area contributed by atoms with E-state index < -0.39 is 5.91 Å². The molecule has 23 heavy (non-hydrogen) atoms. The van der Waals surface area contributed by atoms with Crippen LogP contribution >= 0.6 is 23.1 Å². The van der Waals surface area contributed by atoms with E-state index in [9.17, 15) is 4.79 Å². The molecule has 0 atom stereocenters. The first-order valence-electron chi connectivity index (χ1n) is 6.80. The first-order valence-corrected chi connectivity index (χ1v) is 8.60. The summed E-state index contributed by atoms with van der Waals surface area (Å²) in [4.78, 5) is 13.4. The fourth-order valence-corrected chi connectivity index (χ4v) is 3.33. The number of nitrogens with zero attached hydrogens (tertiary/aromatic N) is 6. The van der Waals surface area contributed by atoms with Crippen molar-refractivity contribution in [1.29, 1.82) is 0 Å². The summed E-state index contributed by atoms with van der Waals surface area (Å²) >= 11 is 2.88. The molecule has 0 radical (unpaired) electrons. The molecule has 0 spiro atoms. The number of anilines is 1. The third kappa shape index (κ3) is 3.71. The normalized spacial score (nSPS) is 10.7. The fourth-order valence-electron chi connectivity index (χ4n) is 1.69. The Balaban J connectivity index is 1.71. The van der Waals surface area contributed by atoms with E-state index in [-0.39, 0.29) is 5.82 Å². The van der Waals surface area contributed by atoms with Crippen molar-refractivity contribution in [2.45, 2.75) is 18.2 Å². The highest BCUT2D eigenvalue weighted by Gasteiger charge is 2.16. The highest BCUT2D eigenvalue weighted by molar-refractivity contribution is 8.01. The molecule has 0 saturated heterocycles. The van der Waals surface area contributed by atoms with Crippen molar-refractivity contribution in [3.8, 4) is 5.69 Å². The van der Waals surface area contributed by atoms with E-state index >= 15 is 0 Å². The lowest BCUT2D eigenvalue weighted by atomic mass is 10.2. The predicted octanol–water partition coefficient (Wildman–Crippen LogP) is 2.19.